The number of benzene rings is 2. The zero-order valence-electron chi connectivity index (χ0n) is 23.8. The lowest BCUT2D eigenvalue weighted by molar-refractivity contribution is 0.579. The summed E-state index contributed by atoms with van der Waals surface area (Å²) in [6, 6.07) is 16.8. The van der Waals surface area contributed by atoms with Crippen molar-refractivity contribution in [3.63, 3.8) is 0 Å². The Hall–Kier alpha value is -3.95. The highest BCUT2D eigenvalue weighted by Crippen LogP contribution is 2.40. The second-order valence-electron chi connectivity index (χ2n) is 10.1. The van der Waals surface area contributed by atoms with E-state index in [9.17, 15) is 9.18 Å². The average Bonchev–Trinajstić information content (AvgIpc) is 3.82. The molecule has 4 aromatic rings. The number of rotatable bonds is 9. The molecular weight excluding hydrogens is 517 g/mol. The van der Waals surface area contributed by atoms with Crippen LogP contribution in [0.25, 0.3) is 17.1 Å². The second kappa shape index (κ2) is 13.6. The van der Waals surface area contributed by atoms with Gasteiger partial charge in [0.2, 0.25) is 0 Å². The quantitative estimate of drug-likeness (QED) is 0.297. The Balaban J connectivity index is 0.00000165. The van der Waals surface area contributed by atoms with Gasteiger partial charge in [-0.25, -0.2) is 19.3 Å². The highest BCUT2D eigenvalue weighted by molar-refractivity contribution is 5.57. The molecule has 214 valence electrons. The van der Waals surface area contributed by atoms with E-state index in [-0.39, 0.29) is 11.4 Å². The van der Waals surface area contributed by atoms with E-state index in [0.29, 0.717) is 23.6 Å². The highest BCUT2D eigenvalue weighted by Gasteiger charge is 2.37. The summed E-state index contributed by atoms with van der Waals surface area (Å²) in [5.41, 5.74) is 3.66. The summed E-state index contributed by atoms with van der Waals surface area (Å²) in [5.74, 6) is 1.42. The molecule has 2 aromatic heterocycles. The molecule has 2 fully saturated rings. The predicted molar refractivity (Wildman–Crippen MR) is 161 cm³/mol. The van der Waals surface area contributed by atoms with Crippen molar-refractivity contribution in [2.75, 3.05) is 37.6 Å². The number of hydrogen-bond acceptors (Lipinski definition) is 7. The lowest BCUT2D eigenvalue weighted by Crippen LogP contribution is -2.46. The molecule has 41 heavy (non-hydrogen) atoms. The summed E-state index contributed by atoms with van der Waals surface area (Å²) in [6.45, 7) is 8.03. The van der Waals surface area contributed by atoms with Crippen LogP contribution in [0.1, 0.15) is 43.9 Å². The number of anilines is 1. The summed E-state index contributed by atoms with van der Waals surface area (Å²) in [4.78, 5) is 29.1. The molecule has 3 heterocycles. The van der Waals surface area contributed by atoms with E-state index in [2.05, 4.69) is 25.5 Å². The molecule has 0 radical (unpaired) electrons. The van der Waals surface area contributed by atoms with Gasteiger partial charge in [-0.05, 0) is 73.8 Å². The third-order valence-electron chi connectivity index (χ3n) is 7.43. The predicted octanol–water partition coefficient (Wildman–Crippen LogP) is 4.34. The van der Waals surface area contributed by atoms with Gasteiger partial charge in [0.15, 0.2) is 11.6 Å². The van der Waals surface area contributed by atoms with Gasteiger partial charge in [-0.1, -0.05) is 26.0 Å². The Morgan fingerprint density at radius 3 is 2.41 bits per heavy atom. The zero-order valence-corrected chi connectivity index (χ0v) is 23.8. The van der Waals surface area contributed by atoms with Crippen LogP contribution in [0.2, 0.25) is 0 Å². The van der Waals surface area contributed by atoms with Crippen molar-refractivity contribution < 1.29 is 4.39 Å². The van der Waals surface area contributed by atoms with E-state index in [4.69, 9.17) is 4.98 Å². The van der Waals surface area contributed by atoms with Crippen LogP contribution in [-0.2, 0) is 6.42 Å². The van der Waals surface area contributed by atoms with Gasteiger partial charge in [0.1, 0.15) is 5.82 Å². The van der Waals surface area contributed by atoms with Gasteiger partial charge < -0.3 is 15.5 Å². The normalized spacial score (nSPS) is 18.0. The van der Waals surface area contributed by atoms with Gasteiger partial charge in [-0.15, -0.1) is 0 Å². The van der Waals surface area contributed by atoms with E-state index >= 15 is 0 Å². The van der Waals surface area contributed by atoms with Crippen LogP contribution in [0.15, 0.2) is 78.0 Å². The lowest BCUT2D eigenvalue weighted by atomic mass is 10.1. The van der Waals surface area contributed by atoms with E-state index < -0.39 is 0 Å². The van der Waals surface area contributed by atoms with Crippen LogP contribution in [0.5, 0.6) is 0 Å². The molecule has 1 saturated heterocycles. The maximum Gasteiger partial charge on any atom is 0.298 e. The van der Waals surface area contributed by atoms with Crippen molar-refractivity contribution in [2.24, 2.45) is 0 Å². The molecule has 0 bridgehead atoms. The Kier molecular flexibility index (Phi) is 9.48. The van der Waals surface area contributed by atoms with E-state index in [1.165, 1.54) is 17.7 Å². The molecule has 8 nitrogen and oxygen atoms in total. The highest BCUT2D eigenvalue weighted by atomic mass is 19.1. The first-order chi connectivity index (χ1) is 20.2. The molecule has 9 heteroatoms. The van der Waals surface area contributed by atoms with Crippen molar-refractivity contribution in [2.45, 2.75) is 45.1 Å². The summed E-state index contributed by atoms with van der Waals surface area (Å²) < 4.78 is 14.9. The fourth-order valence-corrected chi connectivity index (χ4v) is 5.20. The fourth-order valence-electron chi connectivity index (χ4n) is 5.20. The SMILES string of the molecule is CC.O=c1c(N2CCNCC2)nc(CCCN[C@@H]2C[C@H]2c2ccc(F)cc2)cn1-c1ccc(-c2ncccn2)cc1. The first-order valence-corrected chi connectivity index (χ1v) is 14.6. The van der Waals surface area contributed by atoms with Gasteiger partial charge in [-0.2, -0.15) is 0 Å². The molecule has 6 rings (SSSR count). The molecule has 0 spiro atoms. The van der Waals surface area contributed by atoms with Gasteiger partial charge in [0.25, 0.3) is 5.56 Å². The van der Waals surface area contributed by atoms with Gasteiger partial charge >= 0.3 is 0 Å². The Morgan fingerprint density at radius 2 is 1.71 bits per heavy atom. The molecule has 1 saturated carbocycles. The molecule has 2 N–H and O–H groups in total. The van der Waals surface area contributed by atoms with Crippen LogP contribution in [-0.4, -0.2) is 58.3 Å². The van der Waals surface area contributed by atoms with E-state index in [1.54, 1.807) is 23.0 Å². The summed E-state index contributed by atoms with van der Waals surface area (Å²) in [6.07, 6.45) is 8.05. The summed E-state index contributed by atoms with van der Waals surface area (Å²) in [5, 5.41) is 6.97. The van der Waals surface area contributed by atoms with Crippen molar-refractivity contribution >= 4 is 5.82 Å². The minimum Gasteiger partial charge on any atom is -0.349 e. The Morgan fingerprint density at radius 1 is 1.00 bits per heavy atom. The average molecular weight is 556 g/mol. The van der Waals surface area contributed by atoms with Crippen molar-refractivity contribution in [3.05, 3.63) is 101 Å². The lowest BCUT2D eigenvalue weighted by Gasteiger charge is -2.28. The molecule has 0 amide bonds. The van der Waals surface area contributed by atoms with Crippen molar-refractivity contribution in [3.8, 4) is 17.1 Å². The third-order valence-corrected chi connectivity index (χ3v) is 7.43. The second-order valence-corrected chi connectivity index (χ2v) is 10.1. The Bertz CT molecular complexity index is 1450. The number of nitrogens with zero attached hydrogens (tertiary/aromatic N) is 5. The maximum atomic E-state index is 13.6. The maximum absolute atomic E-state index is 13.6. The van der Waals surface area contributed by atoms with Crippen LogP contribution in [0, 0.1) is 5.82 Å². The molecule has 1 aliphatic carbocycles. The molecular formula is C32H38FN7O. The topological polar surface area (TPSA) is 88.0 Å². The molecule has 2 atom stereocenters. The Labute approximate surface area is 240 Å². The molecule has 2 aromatic carbocycles. The smallest absolute Gasteiger partial charge is 0.298 e. The number of hydrogen-bond donors (Lipinski definition) is 2. The van der Waals surface area contributed by atoms with Crippen LogP contribution >= 0.6 is 0 Å². The standard InChI is InChI=1S/C30H32FN7O.C2H6/c31-23-8-4-21(5-9-23)26-19-27(26)33-12-1-3-24-20-38(30(39)29(36-24)37-17-15-32-16-18-37)25-10-6-22(7-11-25)28-34-13-2-14-35-28;1-2/h2,4-11,13-14,20,26-27,32-33H,1,3,12,15-19H2;1-2H3/t26-,27+;/m0./s1. The van der Waals surface area contributed by atoms with E-state index in [1.807, 2.05) is 56.4 Å². The largest absolute Gasteiger partial charge is 0.349 e. The number of piperazine rings is 1. The minimum atomic E-state index is -0.195. The van der Waals surface area contributed by atoms with Gasteiger partial charge in [0, 0.05) is 68.0 Å². The zero-order chi connectivity index (χ0) is 28.6. The van der Waals surface area contributed by atoms with Gasteiger partial charge in [0.05, 0.1) is 5.69 Å². The van der Waals surface area contributed by atoms with Crippen LogP contribution in [0.4, 0.5) is 10.2 Å². The monoisotopic (exact) mass is 555 g/mol. The van der Waals surface area contributed by atoms with Crippen molar-refractivity contribution in [1.29, 1.82) is 0 Å². The van der Waals surface area contributed by atoms with Crippen LogP contribution < -0.4 is 21.1 Å². The van der Waals surface area contributed by atoms with Crippen LogP contribution in [0.3, 0.4) is 0 Å². The fraction of sp³-hybridized carbons (Fsp3) is 0.375. The number of nitrogens with one attached hydrogen (secondary N) is 2. The number of aromatic nitrogens is 4. The molecule has 0 unspecified atom stereocenters. The summed E-state index contributed by atoms with van der Waals surface area (Å²) >= 11 is 0. The molecule has 2 aliphatic rings. The first-order valence-electron chi connectivity index (χ1n) is 14.6. The third kappa shape index (κ3) is 7.04. The molecule has 1 aliphatic heterocycles. The summed E-state index contributed by atoms with van der Waals surface area (Å²) in [7, 11) is 0. The van der Waals surface area contributed by atoms with Crippen molar-refractivity contribution in [1.82, 2.24) is 30.2 Å². The number of aryl methyl sites for hydroxylation is 1. The number of halogens is 1. The van der Waals surface area contributed by atoms with Gasteiger partial charge in [-0.3, -0.25) is 9.36 Å². The first kappa shape index (κ1) is 28.6. The minimum absolute atomic E-state index is 0.109. The van der Waals surface area contributed by atoms with E-state index in [0.717, 1.165) is 68.9 Å².